The van der Waals surface area contributed by atoms with E-state index in [2.05, 4.69) is 15.6 Å². The average molecular weight is 416 g/mol. The third-order valence-corrected chi connectivity index (χ3v) is 4.77. The van der Waals surface area contributed by atoms with Crippen molar-refractivity contribution < 1.29 is 14.8 Å². The van der Waals surface area contributed by atoms with Crippen LogP contribution in [0.3, 0.4) is 0 Å². The Bertz CT molecular complexity index is 1020. The van der Waals surface area contributed by atoms with Crippen LogP contribution in [0.5, 0.6) is 0 Å². The SMILES string of the molecule is N=C(NO)c1ccc(C(=O)Nc2ccsc2C(=O)Nc2ccc(Cl)cn2)cc1. The second-order valence-corrected chi connectivity index (χ2v) is 6.85. The first-order valence-electron chi connectivity index (χ1n) is 7.89. The van der Waals surface area contributed by atoms with Gasteiger partial charge < -0.3 is 10.6 Å². The molecule has 0 aliphatic rings. The highest BCUT2D eigenvalue weighted by atomic mass is 35.5. The summed E-state index contributed by atoms with van der Waals surface area (Å²) >= 11 is 6.96. The van der Waals surface area contributed by atoms with Crippen LogP contribution >= 0.6 is 22.9 Å². The van der Waals surface area contributed by atoms with Gasteiger partial charge in [-0.15, -0.1) is 11.3 Å². The van der Waals surface area contributed by atoms with Gasteiger partial charge in [-0.05, 0) is 35.7 Å². The fraction of sp³-hybridized carbons (Fsp3) is 0. The molecule has 3 aromatic rings. The van der Waals surface area contributed by atoms with Crippen molar-refractivity contribution in [3.63, 3.8) is 0 Å². The highest BCUT2D eigenvalue weighted by Gasteiger charge is 2.17. The maximum absolute atomic E-state index is 12.5. The molecule has 2 aromatic heterocycles. The number of benzene rings is 1. The number of nitrogens with zero attached hydrogens (tertiary/aromatic N) is 1. The second kappa shape index (κ2) is 8.61. The molecule has 0 radical (unpaired) electrons. The van der Waals surface area contributed by atoms with Crippen molar-refractivity contribution in [1.82, 2.24) is 10.5 Å². The molecular formula is C18H14ClN5O3S. The minimum absolute atomic E-state index is 0.181. The molecule has 2 amide bonds. The Morgan fingerprint density at radius 2 is 1.71 bits per heavy atom. The monoisotopic (exact) mass is 415 g/mol. The van der Waals surface area contributed by atoms with Crippen molar-refractivity contribution in [1.29, 1.82) is 5.41 Å². The number of pyridine rings is 1. The molecule has 142 valence electrons. The summed E-state index contributed by atoms with van der Waals surface area (Å²) in [7, 11) is 0. The van der Waals surface area contributed by atoms with Gasteiger partial charge in [-0.3, -0.25) is 25.7 Å². The highest BCUT2D eigenvalue weighted by molar-refractivity contribution is 7.12. The zero-order valence-corrected chi connectivity index (χ0v) is 15.8. The molecule has 0 saturated carbocycles. The van der Waals surface area contributed by atoms with Gasteiger partial charge in [-0.2, -0.15) is 0 Å². The second-order valence-electron chi connectivity index (χ2n) is 5.50. The highest BCUT2D eigenvalue weighted by Crippen LogP contribution is 2.24. The average Bonchev–Trinajstić information content (AvgIpc) is 3.17. The predicted octanol–water partition coefficient (Wildman–Crippen LogP) is 3.61. The van der Waals surface area contributed by atoms with Crippen LogP contribution in [0.4, 0.5) is 11.5 Å². The van der Waals surface area contributed by atoms with Crippen LogP contribution in [0.25, 0.3) is 0 Å². The first-order chi connectivity index (χ1) is 13.5. The minimum Gasteiger partial charge on any atom is -0.320 e. The van der Waals surface area contributed by atoms with E-state index >= 15 is 0 Å². The summed E-state index contributed by atoms with van der Waals surface area (Å²) in [6.45, 7) is 0. The third-order valence-electron chi connectivity index (χ3n) is 3.64. The summed E-state index contributed by atoms with van der Waals surface area (Å²) in [4.78, 5) is 29.3. The molecule has 1 aromatic carbocycles. The van der Waals surface area contributed by atoms with Crippen molar-refractivity contribution in [2.75, 3.05) is 10.6 Å². The number of amides is 2. The Balaban J connectivity index is 1.71. The largest absolute Gasteiger partial charge is 0.320 e. The molecule has 0 aliphatic carbocycles. The van der Waals surface area contributed by atoms with Crippen molar-refractivity contribution in [3.8, 4) is 0 Å². The van der Waals surface area contributed by atoms with Gasteiger partial charge in [-0.1, -0.05) is 23.7 Å². The molecule has 0 atom stereocenters. The summed E-state index contributed by atoms with van der Waals surface area (Å²) in [6, 6.07) is 10.9. The number of halogens is 1. The van der Waals surface area contributed by atoms with E-state index in [1.54, 1.807) is 29.1 Å². The molecule has 0 saturated heterocycles. The molecular weight excluding hydrogens is 402 g/mol. The molecule has 0 spiro atoms. The van der Waals surface area contributed by atoms with Crippen LogP contribution in [-0.2, 0) is 0 Å². The lowest BCUT2D eigenvalue weighted by Gasteiger charge is -2.08. The lowest BCUT2D eigenvalue weighted by atomic mass is 10.1. The van der Waals surface area contributed by atoms with E-state index in [1.165, 1.54) is 41.8 Å². The topological polar surface area (TPSA) is 127 Å². The normalized spacial score (nSPS) is 10.2. The maximum atomic E-state index is 12.5. The summed E-state index contributed by atoms with van der Waals surface area (Å²) in [6.07, 6.45) is 1.42. The minimum atomic E-state index is -0.410. The zero-order valence-electron chi connectivity index (χ0n) is 14.2. The fourth-order valence-corrected chi connectivity index (χ4v) is 3.11. The number of thiophene rings is 1. The van der Waals surface area contributed by atoms with Gasteiger partial charge in [0.15, 0.2) is 0 Å². The van der Waals surface area contributed by atoms with E-state index in [-0.39, 0.29) is 5.84 Å². The van der Waals surface area contributed by atoms with Gasteiger partial charge in [-0.25, -0.2) is 4.98 Å². The maximum Gasteiger partial charge on any atom is 0.269 e. The molecule has 2 heterocycles. The first-order valence-corrected chi connectivity index (χ1v) is 9.14. The number of nitrogens with one attached hydrogen (secondary N) is 4. The Kier molecular flexibility index (Phi) is 5.99. The number of carbonyl (C=O) groups is 2. The quantitative estimate of drug-likeness (QED) is 0.247. The van der Waals surface area contributed by atoms with E-state index in [4.69, 9.17) is 22.2 Å². The van der Waals surface area contributed by atoms with Gasteiger partial charge in [0, 0.05) is 17.3 Å². The summed E-state index contributed by atoms with van der Waals surface area (Å²) in [5, 5.41) is 23.7. The van der Waals surface area contributed by atoms with E-state index in [1.807, 2.05) is 0 Å². The number of carbonyl (C=O) groups excluding carboxylic acids is 2. The number of hydroxylamine groups is 1. The van der Waals surface area contributed by atoms with Crippen LogP contribution in [-0.4, -0.2) is 27.8 Å². The van der Waals surface area contributed by atoms with Crippen molar-refractivity contribution in [2.45, 2.75) is 0 Å². The Hall–Kier alpha value is -3.27. The number of hydrogen-bond acceptors (Lipinski definition) is 6. The standard InChI is InChI=1S/C18H14ClN5O3S/c19-12-5-6-14(21-9-12)23-18(26)15-13(7-8-28-15)22-17(25)11-3-1-10(2-4-11)16(20)24-27/h1-9,27H,(H2,20,24)(H,22,25)(H,21,23,26). The Morgan fingerprint density at radius 3 is 2.36 bits per heavy atom. The van der Waals surface area contributed by atoms with E-state index in [0.717, 1.165) is 0 Å². The van der Waals surface area contributed by atoms with Crippen molar-refractivity contribution in [3.05, 3.63) is 75.1 Å². The van der Waals surface area contributed by atoms with Gasteiger partial charge in [0.05, 0.1) is 10.7 Å². The van der Waals surface area contributed by atoms with Crippen LogP contribution < -0.4 is 16.1 Å². The summed E-state index contributed by atoms with van der Waals surface area (Å²) in [5.74, 6) is -0.653. The Morgan fingerprint density at radius 1 is 1.00 bits per heavy atom. The Labute approximate surface area is 168 Å². The molecule has 5 N–H and O–H groups in total. The summed E-state index contributed by atoms with van der Waals surface area (Å²) in [5.41, 5.74) is 2.87. The van der Waals surface area contributed by atoms with E-state index in [0.29, 0.717) is 32.5 Å². The number of aromatic nitrogens is 1. The van der Waals surface area contributed by atoms with Crippen LogP contribution in [0.1, 0.15) is 25.6 Å². The molecule has 8 nitrogen and oxygen atoms in total. The lowest BCUT2D eigenvalue weighted by Crippen LogP contribution is -2.19. The van der Waals surface area contributed by atoms with Gasteiger partial charge in [0.25, 0.3) is 11.8 Å². The zero-order chi connectivity index (χ0) is 20.1. The fourth-order valence-electron chi connectivity index (χ4n) is 2.25. The molecule has 0 unspecified atom stereocenters. The number of amidine groups is 1. The van der Waals surface area contributed by atoms with E-state index < -0.39 is 11.8 Å². The van der Waals surface area contributed by atoms with E-state index in [9.17, 15) is 9.59 Å². The predicted molar refractivity (Wildman–Crippen MR) is 108 cm³/mol. The van der Waals surface area contributed by atoms with Gasteiger partial charge >= 0.3 is 0 Å². The number of anilines is 2. The summed E-state index contributed by atoms with van der Waals surface area (Å²) < 4.78 is 0. The molecule has 0 fully saturated rings. The smallest absolute Gasteiger partial charge is 0.269 e. The van der Waals surface area contributed by atoms with Crippen LogP contribution in [0.2, 0.25) is 5.02 Å². The number of rotatable bonds is 5. The molecule has 3 rings (SSSR count). The molecule has 10 heteroatoms. The number of hydrogen-bond donors (Lipinski definition) is 5. The van der Waals surface area contributed by atoms with Gasteiger partial charge in [0.1, 0.15) is 16.5 Å². The lowest BCUT2D eigenvalue weighted by molar-refractivity contribution is 0.102. The molecule has 28 heavy (non-hydrogen) atoms. The molecule has 0 bridgehead atoms. The van der Waals surface area contributed by atoms with Crippen molar-refractivity contribution in [2.24, 2.45) is 0 Å². The van der Waals surface area contributed by atoms with Gasteiger partial charge in [0.2, 0.25) is 0 Å². The van der Waals surface area contributed by atoms with Crippen LogP contribution in [0, 0.1) is 5.41 Å². The van der Waals surface area contributed by atoms with Crippen molar-refractivity contribution >= 4 is 52.1 Å². The van der Waals surface area contributed by atoms with Crippen LogP contribution in [0.15, 0.2) is 54.0 Å². The molecule has 0 aliphatic heterocycles. The third kappa shape index (κ3) is 4.52. The first kappa shape index (κ1) is 19.5.